The van der Waals surface area contributed by atoms with Gasteiger partial charge in [-0.05, 0) is 12.8 Å². The van der Waals surface area contributed by atoms with Crippen LogP contribution in [0, 0.1) is 0 Å². The molecule has 0 spiro atoms. The monoisotopic (exact) mass is 214 g/mol. The van der Waals surface area contributed by atoms with Gasteiger partial charge in [0.2, 0.25) is 0 Å². The fourth-order valence-corrected chi connectivity index (χ4v) is 2.37. The van der Waals surface area contributed by atoms with Gasteiger partial charge in [0.15, 0.2) is 0 Å². The number of hydrogen-bond acceptors (Lipinski definition) is 5. The summed E-state index contributed by atoms with van der Waals surface area (Å²) in [4.78, 5) is 5.12. The molecular weight excluding hydrogens is 200 g/mol. The van der Waals surface area contributed by atoms with Crippen LogP contribution < -0.4 is 10.5 Å². The van der Waals surface area contributed by atoms with Gasteiger partial charge in [-0.25, -0.2) is 4.98 Å². The summed E-state index contributed by atoms with van der Waals surface area (Å²) in [5, 5.41) is 0.661. The molecule has 14 heavy (non-hydrogen) atoms. The summed E-state index contributed by atoms with van der Waals surface area (Å²) in [5.74, 6) is 0. The summed E-state index contributed by atoms with van der Waals surface area (Å²) in [7, 11) is 1.61. The van der Waals surface area contributed by atoms with E-state index < -0.39 is 0 Å². The molecule has 1 aliphatic heterocycles. The third-order valence-corrected chi connectivity index (χ3v) is 3.43. The zero-order valence-corrected chi connectivity index (χ0v) is 8.92. The second-order valence-corrected chi connectivity index (χ2v) is 4.33. The van der Waals surface area contributed by atoms with E-state index in [2.05, 4.69) is 4.98 Å². The topological polar surface area (TPSA) is 57.4 Å². The molecule has 2 heterocycles. The summed E-state index contributed by atoms with van der Waals surface area (Å²) in [6, 6.07) is -0.0566. The van der Waals surface area contributed by atoms with E-state index in [0.29, 0.717) is 5.19 Å². The fourth-order valence-electron chi connectivity index (χ4n) is 1.59. The van der Waals surface area contributed by atoms with Crippen molar-refractivity contribution < 1.29 is 9.47 Å². The average molecular weight is 214 g/mol. The Bertz CT molecular complexity index is 297. The van der Waals surface area contributed by atoms with Crippen LogP contribution in [0.25, 0.3) is 0 Å². The Morgan fingerprint density at radius 1 is 1.79 bits per heavy atom. The predicted octanol–water partition coefficient (Wildman–Crippen LogP) is 1.33. The van der Waals surface area contributed by atoms with Crippen LogP contribution in [0.5, 0.6) is 5.19 Å². The van der Waals surface area contributed by atoms with Gasteiger partial charge in [0, 0.05) is 17.7 Å². The van der Waals surface area contributed by atoms with Gasteiger partial charge in [-0.2, -0.15) is 0 Å². The fraction of sp³-hybridized carbons (Fsp3) is 0.667. The number of thiazole rings is 1. The Labute approximate surface area is 87.0 Å². The zero-order chi connectivity index (χ0) is 9.97. The van der Waals surface area contributed by atoms with Gasteiger partial charge in [-0.1, -0.05) is 11.3 Å². The van der Waals surface area contributed by atoms with E-state index in [1.54, 1.807) is 13.3 Å². The number of nitrogens with zero attached hydrogens (tertiary/aromatic N) is 1. The third-order valence-electron chi connectivity index (χ3n) is 2.37. The van der Waals surface area contributed by atoms with E-state index in [0.717, 1.165) is 24.3 Å². The van der Waals surface area contributed by atoms with Crippen LogP contribution in [-0.4, -0.2) is 24.8 Å². The first-order chi connectivity index (χ1) is 6.81. The number of nitrogens with two attached hydrogens (primary N) is 1. The molecule has 0 aromatic carbocycles. The van der Waals surface area contributed by atoms with Crippen molar-refractivity contribution in [3.63, 3.8) is 0 Å². The van der Waals surface area contributed by atoms with E-state index in [4.69, 9.17) is 15.2 Å². The Morgan fingerprint density at radius 2 is 2.64 bits per heavy atom. The van der Waals surface area contributed by atoms with Crippen molar-refractivity contribution in [2.75, 3.05) is 13.7 Å². The van der Waals surface area contributed by atoms with Crippen molar-refractivity contribution in [2.45, 2.75) is 25.0 Å². The van der Waals surface area contributed by atoms with Crippen molar-refractivity contribution in [3.05, 3.63) is 11.1 Å². The van der Waals surface area contributed by atoms with E-state index in [-0.39, 0.29) is 12.1 Å². The lowest BCUT2D eigenvalue weighted by Crippen LogP contribution is -2.24. The summed E-state index contributed by atoms with van der Waals surface area (Å²) < 4.78 is 10.5. The van der Waals surface area contributed by atoms with Gasteiger partial charge >= 0.3 is 0 Å². The quantitative estimate of drug-likeness (QED) is 0.824. The van der Waals surface area contributed by atoms with Crippen molar-refractivity contribution in [2.24, 2.45) is 5.73 Å². The molecule has 2 N–H and O–H groups in total. The maximum Gasteiger partial charge on any atom is 0.273 e. The summed E-state index contributed by atoms with van der Waals surface area (Å²) in [5.41, 5.74) is 6.06. The first-order valence-corrected chi connectivity index (χ1v) is 5.50. The van der Waals surface area contributed by atoms with E-state index in [9.17, 15) is 0 Å². The summed E-state index contributed by atoms with van der Waals surface area (Å²) >= 11 is 1.49. The smallest absolute Gasteiger partial charge is 0.273 e. The molecule has 78 valence electrons. The molecule has 2 atom stereocenters. The van der Waals surface area contributed by atoms with Gasteiger partial charge in [0.25, 0.3) is 5.19 Å². The van der Waals surface area contributed by atoms with Gasteiger partial charge in [0.05, 0.1) is 19.3 Å². The van der Waals surface area contributed by atoms with Gasteiger partial charge < -0.3 is 15.2 Å². The molecule has 4 nitrogen and oxygen atoms in total. The Kier molecular flexibility index (Phi) is 3.00. The lowest BCUT2D eigenvalue weighted by molar-refractivity contribution is 0.0909. The Morgan fingerprint density at radius 3 is 3.21 bits per heavy atom. The Balaban J connectivity index is 2.05. The Hall–Kier alpha value is -0.650. The standard InChI is InChI=1S/C9H14N2O2S/c1-12-9-11-5-7(14-9)8(10)6-3-2-4-13-6/h5-6,8H,2-4,10H2,1H3. The normalized spacial score (nSPS) is 23.7. The van der Waals surface area contributed by atoms with Crippen LogP contribution >= 0.6 is 11.3 Å². The highest BCUT2D eigenvalue weighted by Gasteiger charge is 2.25. The average Bonchev–Trinajstić information content (AvgIpc) is 2.88. The highest BCUT2D eigenvalue weighted by atomic mass is 32.1. The number of aromatic nitrogens is 1. The van der Waals surface area contributed by atoms with Crippen LogP contribution in [0.4, 0.5) is 0 Å². The highest BCUT2D eigenvalue weighted by molar-refractivity contribution is 7.13. The van der Waals surface area contributed by atoms with Crippen LogP contribution in [0.2, 0.25) is 0 Å². The number of methoxy groups -OCH3 is 1. The molecule has 0 saturated carbocycles. The van der Waals surface area contributed by atoms with E-state index in [1.807, 2.05) is 0 Å². The molecule has 0 aliphatic carbocycles. The van der Waals surface area contributed by atoms with Crippen LogP contribution in [-0.2, 0) is 4.74 Å². The third kappa shape index (κ3) is 1.89. The van der Waals surface area contributed by atoms with Gasteiger partial charge in [0.1, 0.15) is 0 Å². The lowest BCUT2D eigenvalue weighted by atomic mass is 10.1. The van der Waals surface area contributed by atoms with Crippen LogP contribution in [0.3, 0.4) is 0 Å². The van der Waals surface area contributed by atoms with Crippen molar-refractivity contribution >= 4 is 11.3 Å². The van der Waals surface area contributed by atoms with Gasteiger partial charge in [-0.3, -0.25) is 0 Å². The van der Waals surface area contributed by atoms with Crippen LogP contribution in [0.1, 0.15) is 23.8 Å². The lowest BCUT2D eigenvalue weighted by Gasteiger charge is -2.15. The highest BCUT2D eigenvalue weighted by Crippen LogP contribution is 2.30. The molecule has 0 radical (unpaired) electrons. The maximum atomic E-state index is 6.06. The maximum absolute atomic E-state index is 6.06. The molecule has 1 saturated heterocycles. The minimum atomic E-state index is -0.0566. The number of rotatable bonds is 3. The molecule has 0 bridgehead atoms. The predicted molar refractivity (Wildman–Crippen MR) is 54.6 cm³/mol. The SMILES string of the molecule is COc1ncc(C(N)C2CCCO2)s1. The molecule has 2 unspecified atom stereocenters. The first-order valence-electron chi connectivity index (χ1n) is 4.68. The largest absolute Gasteiger partial charge is 0.473 e. The van der Waals surface area contributed by atoms with Crippen LogP contribution in [0.15, 0.2) is 6.20 Å². The molecule has 1 aliphatic rings. The second kappa shape index (κ2) is 4.25. The van der Waals surface area contributed by atoms with Crippen molar-refractivity contribution in [3.8, 4) is 5.19 Å². The molecule has 0 amide bonds. The molecule has 1 aromatic rings. The summed E-state index contributed by atoms with van der Waals surface area (Å²) in [6.45, 7) is 0.828. The first kappa shape index (κ1) is 9.89. The minimum absolute atomic E-state index is 0.0566. The molecule has 1 aromatic heterocycles. The van der Waals surface area contributed by atoms with Gasteiger partial charge in [-0.15, -0.1) is 0 Å². The van der Waals surface area contributed by atoms with Crippen molar-refractivity contribution in [1.82, 2.24) is 4.98 Å². The number of hydrogen-bond donors (Lipinski definition) is 1. The molecule has 1 fully saturated rings. The van der Waals surface area contributed by atoms with E-state index >= 15 is 0 Å². The minimum Gasteiger partial charge on any atom is -0.473 e. The molecule has 2 rings (SSSR count). The summed E-state index contributed by atoms with van der Waals surface area (Å²) in [6.07, 6.45) is 4.08. The second-order valence-electron chi connectivity index (χ2n) is 3.31. The number of ether oxygens (including phenoxy) is 2. The van der Waals surface area contributed by atoms with Crippen molar-refractivity contribution in [1.29, 1.82) is 0 Å². The zero-order valence-electron chi connectivity index (χ0n) is 8.10. The molecular formula is C9H14N2O2S. The molecule has 5 heteroatoms. The van der Waals surface area contributed by atoms with E-state index in [1.165, 1.54) is 11.3 Å².